The number of rotatable bonds is 6. The van der Waals surface area contributed by atoms with E-state index in [1.807, 2.05) is 6.08 Å². The maximum absolute atomic E-state index is 13.2. The highest BCUT2D eigenvalue weighted by atomic mass is 16.5. The maximum atomic E-state index is 13.2. The number of carbonyl (C=O) groups excluding carboxylic acids is 4. The predicted octanol–water partition coefficient (Wildman–Crippen LogP) is 4.56. The van der Waals surface area contributed by atoms with E-state index in [1.165, 1.54) is 18.1 Å². The van der Waals surface area contributed by atoms with Gasteiger partial charge in [0.25, 0.3) is 0 Å². The average molecular weight is 439 g/mol. The molecule has 0 amide bonds. The Morgan fingerprint density at radius 3 is 2.66 bits per heavy atom. The second kappa shape index (κ2) is 8.24. The summed E-state index contributed by atoms with van der Waals surface area (Å²) >= 11 is 0. The maximum Gasteiger partial charge on any atom is 0.306 e. The Hall–Kier alpha value is -2.30. The molecule has 4 aliphatic rings. The molecule has 5 heteroatoms. The highest BCUT2D eigenvalue weighted by molar-refractivity contribution is 6.01. The van der Waals surface area contributed by atoms with Gasteiger partial charge in [-0.15, -0.1) is 0 Å². The average Bonchev–Trinajstić information content (AvgIpc) is 3.01. The molecule has 4 aliphatic carbocycles. The summed E-state index contributed by atoms with van der Waals surface area (Å²) in [5.74, 6) is 0.445. The van der Waals surface area contributed by atoms with Gasteiger partial charge >= 0.3 is 5.97 Å². The van der Waals surface area contributed by atoms with Gasteiger partial charge in [-0.05, 0) is 74.9 Å². The normalized spacial score (nSPS) is 37.6. The van der Waals surface area contributed by atoms with Crippen LogP contribution in [0.4, 0.5) is 0 Å². The third-order valence-corrected chi connectivity index (χ3v) is 8.69. The monoisotopic (exact) mass is 438 g/mol. The van der Waals surface area contributed by atoms with Crippen LogP contribution in [-0.4, -0.2) is 29.9 Å². The molecule has 172 valence electrons. The van der Waals surface area contributed by atoms with Gasteiger partial charge in [-0.25, -0.2) is 0 Å². The van der Waals surface area contributed by atoms with Crippen LogP contribution in [-0.2, 0) is 23.9 Å². The smallest absolute Gasteiger partial charge is 0.306 e. The van der Waals surface area contributed by atoms with Gasteiger partial charge in [0, 0.05) is 17.8 Å². The Balaban J connectivity index is 1.52. The first-order valence-electron chi connectivity index (χ1n) is 11.9. The lowest BCUT2D eigenvalue weighted by molar-refractivity contribution is -0.151. The van der Waals surface area contributed by atoms with Crippen LogP contribution in [0, 0.1) is 34.5 Å². The number of hydrogen-bond acceptors (Lipinski definition) is 5. The van der Waals surface area contributed by atoms with Crippen molar-refractivity contribution in [1.29, 1.82) is 0 Å². The molecule has 0 bridgehead atoms. The van der Waals surface area contributed by atoms with Gasteiger partial charge < -0.3 is 9.53 Å². The van der Waals surface area contributed by atoms with Crippen LogP contribution in [0.15, 0.2) is 35.5 Å². The molecule has 5 nitrogen and oxygen atoms in total. The minimum Gasteiger partial charge on any atom is -0.458 e. The summed E-state index contributed by atoms with van der Waals surface area (Å²) in [6, 6.07) is 0. The first kappa shape index (κ1) is 22.9. The van der Waals surface area contributed by atoms with Gasteiger partial charge in [0.15, 0.2) is 11.6 Å². The summed E-state index contributed by atoms with van der Waals surface area (Å²) in [6.07, 6.45) is 11.9. The van der Waals surface area contributed by atoms with Gasteiger partial charge in [-0.1, -0.05) is 37.1 Å². The number of hydrogen-bond donors (Lipinski definition) is 0. The van der Waals surface area contributed by atoms with Crippen LogP contribution in [0.2, 0.25) is 0 Å². The van der Waals surface area contributed by atoms with Crippen molar-refractivity contribution in [2.75, 3.05) is 6.61 Å². The predicted molar refractivity (Wildman–Crippen MR) is 121 cm³/mol. The van der Waals surface area contributed by atoms with Gasteiger partial charge in [-0.2, -0.15) is 0 Å². The van der Waals surface area contributed by atoms with Gasteiger partial charge in [0.05, 0.1) is 6.42 Å². The molecule has 2 saturated carbocycles. The summed E-state index contributed by atoms with van der Waals surface area (Å²) in [5, 5.41) is 0. The van der Waals surface area contributed by atoms with E-state index in [0.717, 1.165) is 25.7 Å². The van der Waals surface area contributed by atoms with Crippen LogP contribution in [0.1, 0.15) is 66.2 Å². The van der Waals surface area contributed by atoms with Crippen molar-refractivity contribution in [3.63, 3.8) is 0 Å². The van der Waals surface area contributed by atoms with E-state index < -0.39 is 5.97 Å². The SMILES string of the molecule is CC(=O)CCC(=O)OCC(=O)[C@H]1[C@H](C)CC2C3CCC4=CC(=O)C=C[C@]4(C)C3=CC[C@@]21C. The molecule has 0 aromatic heterocycles. The molecular weight excluding hydrogens is 404 g/mol. The minimum absolute atomic E-state index is 0.00119. The number of fused-ring (bicyclic) bond motifs is 5. The van der Waals surface area contributed by atoms with Crippen molar-refractivity contribution in [3.05, 3.63) is 35.5 Å². The molecule has 0 radical (unpaired) electrons. The number of ketones is 3. The largest absolute Gasteiger partial charge is 0.458 e. The number of Topliss-reactive ketones (excluding diaryl/α,β-unsaturated/α-hetero) is 2. The van der Waals surface area contributed by atoms with Crippen molar-refractivity contribution < 1.29 is 23.9 Å². The first-order valence-corrected chi connectivity index (χ1v) is 11.9. The topological polar surface area (TPSA) is 77.5 Å². The van der Waals surface area contributed by atoms with Crippen LogP contribution in [0.5, 0.6) is 0 Å². The van der Waals surface area contributed by atoms with Crippen molar-refractivity contribution in [2.45, 2.75) is 66.2 Å². The highest BCUT2D eigenvalue weighted by Crippen LogP contribution is 2.65. The van der Waals surface area contributed by atoms with Gasteiger partial charge in [0.1, 0.15) is 12.4 Å². The minimum atomic E-state index is -0.482. The van der Waals surface area contributed by atoms with E-state index in [-0.39, 0.29) is 59.5 Å². The van der Waals surface area contributed by atoms with E-state index in [1.54, 1.807) is 6.08 Å². The van der Waals surface area contributed by atoms with Crippen molar-refractivity contribution in [3.8, 4) is 0 Å². The molecule has 0 aromatic rings. The fraction of sp³-hybridized carbons (Fsp3) is 0.630. The van der Waals surface area contributed by atoms with Crippen molar-refractivity contribution >= 4 is 23.3 Å². The van der Waals surface area contributed by atoms with Crippen LogP contribution < -0.4 is 0 Å². The molecule has 0 N–H and O–H groups in total. The fourth-order valence-corrected chi connectivity index (χ4v) is 7.17. The van der Waals surface area contributed by atoms with Crippen LogP contribution in [0.25, 0.3) is 0 Å². The standard InChI is InChI=1S/C27H34O5/c1-16-13-22-20-7-6-18-14-19(29)9-11-26(18,3)21(20)10-12-27(22,4)25(16)23(30)15-32-24(31)8-5-17(2)28/h9-11,14,16,20,22,25H,5-8,12-13,15H2,1-4H3/t16-,20?,22?,25-,26+,27+/m1/s1. The second-order valence-corrected chi connectivity index (χ2v) is 10.7. The van der Waals surface area contributed by atoms with Crippen molar-refractivity contribution in [1.82, 2.24) is 0 Å². The molecule has 2 unspecified atom stereocenters. The molecule has 6 atom stereocenters. The number of ether oxygens (including phenoxy) is 1. The zero-order valence-corrected chi connectivity index (χ0v) is 19.6. The van der Waals surface area contributed by atoms with Crippen molar-refractivity contribution in [2.24, 2.45) is 34.5 Å². The third kappa shape index (κ3) is 3.74. The summed E-state index contributed by atoms with van der Waals surface area (Å²) < 4.78 is 5.24. The third-order valence-electron chi connectivity index (χ3n) is 8.69. The molecular formula is C27H34O5. The Labute approximate surface area is 190 Å². The van der Waals surface area contributed by atoms with Gasteiger partial charge in [-0.3, -0.25) is 14.4 Å². The van der Waals surface area contributed by atoms with Gasteiger partial charge in [0.2, 0.25) is 0 Å². The Morgan fingerprint density at radius 1 is 1.19 bits per heavy atom. The lowest BCUT2D eigenvalue weighted by atomic mass is 9.52. The summed E-state index contributed by atoms with van der Waals surface area (Å²) in [6.45, 7) is 7.85. The number of esters is 1. The molecule has 2 fully saturated rings. The lowest BCUT2D eigenvalue weighted by Crippen LogP contribution is -2.45. The van der Waals surface area contributed by atoms with Crippen LogP contribution >= 0.6 is 0 Å². The summed E-state index contributed by atoms with van der Waals surface area (Å²) in [4.78, 5) is 48.1. The Morgan fingerprint density at radius 2 is 1.94 bits per heavy atom. The Bertz CT molecular complexity index is 953. The molecule has 0 aliphatic heterocycles. The van der Waals surface area contributed by atoms with E-state index in [0.29, 0.717) is 11.8 Å². The Kier molecular flexibility index (Phi) is 5.89. The molecule has 0 saturated heterocycles. The number of carbonyl (C=O) groups is 4. The lowest BCUT2D eigenvalue weighted by Gasteiger charge is -2.52. The van der Waals surface area contributed by atoms with E-state index >= 15 is 0 Å². The van der Waals surface area contributed by atoms with E-state index in [2.05, 4.69) is 32.9 Å². The number of allylic oxidation sites excluding steroid dienone is 6. The zero-order valence-electron chi connectivity index (χ0n) is 19.6. The zero-order chi connectivity index (χ0) is 23.3. The van der Waals surface area contributed by atoms with Crippen LogP contribution in [0.3, 0.4) is 0 Å². The molecule has 32 heavy (non-hydrogen) atoms. The van der Waals surface area contributed by atoms with E-state index in [9.17, 15) is 19.2 Å². The quantitative estimate of drug-likeness (QED) is 0.449. The van der Waals surface area contributed by atoms with E-state index in [4.69, 9.17) is 4.74 Å². The molecule has 0 aromatic carbocycles. The molecule has 4 rings (SSSR count). The fourth-order valence-electron chi connectivity index (χ4n) is 7.17. The molecule has 0 heterocycles. The first-order chi connectivity index (χ1) is 15.1. The second-order valence-electron chi connectivity index (χ2n) is 10.7. The highest BCUT2D eigenvalue weighted by Gasteiger charge is 2.59. The summed E-state index contributed by atoms with van der Waals surface area (Å²) in [5.41, 5.74) is 2.29. The summed E-state index contributed by atoms with van der Waals surface area (Å²) in [7, 11) is 0. The molecule has 0 spiro atoms.